The quantitative estimate of drug-likeness (QED) is 0.158. The third-order valence-corrected chi connectivity index (χ3v) is 15.5. The van der Waals surface area contributed by atoms with Crippen molar-refractivity contribution in [3.8, 4) is 44.5 Å². The van der Waals surface area contributed by atoms with Gasteiger partial charge < -0.3 is 9.32 Å². The highest BCUT2D eigenvalue weighted by Crippen LogP contribution is 2.61. The van der Waals surface area contributed by atoms with Crippen LogP contribution < -0.4 is 4.90 Å². The number of hydrogen-bond donors (Lipinski definition) is 0. The van der Waals surface area contributed by atoms with E-state index in [0.717, 1.165) is 50.1 Å². The van der Waals surface area contributed by atoms with Gasteiger partial charge in [-0.1, -0.05) is 223 Å². The largest absolute Gasteiger partial charge is 0.455 e. The number of anilines is 3. The summed E-state index contributed by atoms with van der Waals surface area (Å²) in [5.74, 6) is 0. The summed E-state index contributed by atoms with van der Waals surface area (Å²) >= 11 is 0. The smallest absolute Gasteiger partial charge is 0.143 e. The summed E-state index contributed by atoms with van der Waals surface area (Å²) in [6.45, 7) is 11.7. The molecule has 0 atom stereocenters. The van der Waals surface area contributed by atoms with Crippen molar-refractivity contribution >= 4 is 39.0 Å². The zero-order valence-corrected chi connectivity index (χ0v) is 40.3. The fourth-order valence-electron chi connectivity index (χ4n) is 12.1. The van der Waals surface area contributed by atoms with E-state index in [4.69, 9.17) is 4.42 Å². The number of benzene rings is 10. The molecule has 2 heteroatoms. The number of nitrogens with zero attached hydrogens (tertiary/aromatic N) is 1. The lowest BCUT2D eigenvalue weighted by atomic mass is 9.65. The van der Waals surface area contributed by atoms with E-state index in [2.05, 4.69) is 264 Å². The van der Waals surface area contributed by atoms with Crippen LogP contribution in [-0.2, 0) is 16.2 Å². The van der Waals surface area contributed by atoms with Crippen molar-refractivity contribution in [1.82, 2.24) is 0 Å². The average molecular weight is 900 g/mol. The maximum absolute atomic E-state index is 6.56. The number of rotatable bonds is 7. The van der Waals surface area contributed by atoms with Crippen molar-refractivity contribution in [2.45, 2.75) is 50.9 Å². The summed E-state index contributed by atoms with van der Waals surface area (Å²) in [6, 6.07) is 85.7. The number of hydrogen-bond acceptors (Lipinski definition) is 2. The summed E-state index contributed by atoms with van der Waals surface area (Å²) < 4.78 is 6.56. The minimum Gasteiger partial charge on any atom is -0.455 e. The van der Waals surface area contributed by atoms with Crippen molar-refractivity contribution < 1.29 is 4.42 Å². The topological polar surface area (TPSA) is 16.4 Å². The molecular weight excluding hydrogens is 847 g/mol. The van der Waals surface area contributed by atoms with Gasteiger partial charge in [0.05, 0.1) is 5.41 Å². The van der Waals surface area contributed by atoms with E-state index in [0.29, 0.717) is 0 Å². The third kappa shape index (κ3) is 6.26. The summed E-state index contributed by atoms with van der Waals surface area (Å²) in [5.41, 5.74) is 23.2. The molecule has 0 saturated carbocycles. The monoisotopic (exact) mass is 899 g/mol. The first kappa shape index (κ1) is 41.9. The van der Waals surface area contributed by atoms with E-state index in [1.807, 2.05) is 6.07 Å². The zero-order valence-electron chi connectivity index (χ0n) is 40.3. The molecule has 0 fully saturated rings. The Morgan fingerprint density at radius 1 is 0.386 bits per heavy atom. The van der Waals surface area contributed by atoms with E-state index < -0.39 is 5.41 Å². The first-order valence-electron chi connectivity index (χ1n) is 24.7. The van der Waals surface area contributed by atoms with Crippen molar-refractivity contribution in [3.05, 3.63) is 269 Å². The Morgan fingerprint density at radius 3 is 1.59 bits per heavy atom. The molecule has 0 N–H and O–H groups in total. The molecule has 0 saturated heterocycles. The van der Waals surface area contributed by atoms with Crippen LogP contribution in [0.2, 0.25) is 0 Å². The minimum atomic E-state index is -0.646. The van der Waals surface area contributed by atoms with Crippen LogP contribution in [0.1, 0.15) is 73.6 Å². The molecule has 2 aliphatic carbocycles. The molecule has 0 unspecified atom stereocenters. The molecule has 13 rings (SSSR count). The van der Waals surface area contributed by atoms with E-state index in [1.54, 1.807) is 0 Å². The predicted molar refractivity (Wildman–Crippen MR) is 293 cm³/mol. The SMILES string of the molecule is CC(C)(C)c1cc(-c2ccccc2)c2c(c1)-c1ccc(N(c3ccc(-c4cccc5c4oc4ccccc45)cc3)c3ccc4c(c3)C(C)(C)c3ccccc3-4)cc1C2(c1ccccc1)c1ccccc1. The van der Waals surface area contributed by atoms with Crippen molar-refractivity contribution in [1.29, 1.82) is 0 Å². The van der Waals surface area contributed by atoms with Gasteiger partial charge in [-0.3, -0.25) is 0 Å². The number of para-hydroxylation sites is 2. The molecule has 70 heavy (non-hydrogen) atoms. The van der Waals surface area contributed by atoms with Crippen LogP contribution in [0, 0.1) is 0 Å². The van der Waals surface area contributed by atoms with Crippen molar-refractivity contribution in [2.24, 2.45) is 0 Å². The van der Waals surface area contributed by atoms with Crippen LogP contribution in [0.4, 0.5) is 17.1 Å². The highest BCUT2D eigenvalue weighted by atomic mass is 16.3. The lowest BCUT2D eigenvalue weighted by Crippen LogP contribution is -2.29. The summed E-state index contributed by atoms with van der Waals surface area (Å²) in [6.07, 6.45) is 0. The Labute approximate surface area is 411 Å². The first-order valence-corrected chi connectivity index (χ1v) is 24.7. The number of fused-ring (bicyclic) bond motifs is 9. The maximum atomic E-state index is 6.56. The average Bonchev–Trinajstić information content (AvgIpc) is 4.00. The molecule has 2 aliphatic rings. The van der Waals surface area contributed by atoms with E-state index in [9.17, 15) is 0 Å². The lowest BCUT2D eigenvalue weighted by Gasteiger charge is -2.36. The fourth-order valence-corrected chi connectivity index (χ4v) is 12.1. The highest BCUT2D eigenvalue weighted by molar-refractivity contribution is 6.09. The van der Waals surface area contributed by atoms with E-state index in [-0.39, 0.29) is 10.8 Å². The fraction of sp³-hybridized carbons (Fsp3) is 0.118. The summed E-state index contributed by atoms with van der Waals surface area (Å²) in [5, 5.41) is 2.26. The van der Waals surface area contributed by atoms with Gasteiger partial charge in [0.2, 0.25) is 0 Å². The molecule has 2 nitrogen and oxygen atoms in total. The molecule has 10 aromatic carbocycles. The summed E-state index contributed by atoms with van der Waals surface area (Å²) in [4.78, 5) is 2.48. The second-order valence-corrected chi connectivity index (χ2v) is 20.8. The van der Waals surface area contributed by atoms with Crippen molar-refractivity contribution in [3.63, 3.8) is 0 Å². The predicted octanol–water partition coefficient (Wildman–Crippen LogP) is 18.4. The maximum Gasteiger partial charge on any atom is 0.143 e. The third-order valence-electron chi connectivity index (χ3n) is 15.5. The molecule has 1 heterocycles. The molecule has 336 valence electrons. The molecule has 11 aromatic rings. The van der Waals surface area contributed by atoms with Gasteiger partial charge in [-0.05, 0) is 126 Å². The van der Waals surface area contributed by atoms with Gasteiger partial charge >= 0.3 is 0 Å². The van der Waals surface area contributed by atoms with Crippen LogP contribution in [0.3, 0.4) is 0 Å². The van der Waals surface area contributed by atoms with Crippen LogP contribution in [0.15, 0.2) is 235 Å². The van der Waals surface area contributed by atoms with Gasteiger partial charge in [0.1, 0.15) is 11.2 Å². The Bertz CT molecular complexity index is 3780. The van der Waals surface area contributed by atoms with E-state index >= 15 is 0 Å². The lowest BCUT2D eigenvalue weighted by molar-refractivity contribution is 0.590. The zero-order chi connectivity index (χ0) is 47.4. The second kappa shape index (κ2) is 15.7. The molecular formula is C68H53NO. The molecule has 0 amide bonds. The Balaban J connectivity index is 1.07. The van der Waals surface area contributed by atoms with Gasteiger partial charge in [0, 0.05) is 38.8 Å². The highest BCUT2D eigenvalue weighted by Gasteiger charge is 2.49. The molecule has 1 aromatic heterocycles. The van der Waals surface area contributed by atoms with Crippen LogP contribution in [0.25, 0.3) is 66.4 Å². The molecule has 0 aliphatic heterocycles. The standard InChI is InChI=1S/C68H53NO/c1-66(2,3)48-40-58(44-20-9-6-10-21-44)64-59(41-48)55-39-37-51(43-62(55)68(64,46-22-11-7-12-23-46)47-24-13-8-14-25-47)69(50-36-38-54-53-26-15-17-30-60(53)67(4,5)61(54)42-50)49-34-32-45(33-35-49)52-28-19-29-57-56-27-16-18-31-63(56)70-65(52)57/h6-43H,1-5H3. The Hall–Kier alpha value is -8.20. The van der Waals surface area contributed by atoms with Crippen LogP contribution in [-0.4, -0.2) is 0 Å². The van der Waals surface area contributed by atoms with Crippen LogP contribution >= 0.6 is 0 Å². The van der Waals surface area contributed by atoms with Crippen molar-refractivity contribution in [2.75, 3.05) is 4.90 Å². The van der Waals surface area contributed by atoms with Gasteiger partial charge in [-0.25, -0.2) is 0 Å². The molecule has 0 spiro atoms. The molecule has 0 bridgehead atoms. The van der Waals surface area contributed by atoms with Crippen LogP contribution in [0.5, 0.6) is 0 Å². The number of furan rings is 1. The molecule has 0 radical (unpaired) electrons. The Morgan fingerprint density at radius 2 is 0.900 bits per heavy atom. The van der Waals surface area contributed by atoms with E-state index in [1.165, 1.54) is 72.3 Å². The van der Waals surface area contributed by atoms with Gasteiger partial charge in [0.25, 0.3) is 0 Å². The first-order chi connectivity index (χ1) is 34.1. The second-order valence-electron chi connectivity index (χ2n) is 20.8. The minimum absolute atomic E-state index is 0.0801. The van der Waals surface area contributed by atoms with Gasteiger partial charge in [-0.2, -0.15) is 0 Å². The van der Waals surface area contributed by atoms with Gasteiger partial charge in [0.15, 0.2) is 0 Å². The Kier molecular flexibility index (Phi) is 9.39. The van der Waals surface area contributed by atoms with Gasteiger partial charge in [-0.15, -0.1) is 0 Å². The summed E-state index contributed by atoms with van der Waals surface area (Å²) in [7, 11) is 0. The normalized spacial score (nSPS) is 14.0.